The van der Waals surface area contributed by atoms with Crippen LogP contribution in [0.1, 0.15) is 39.5 Å². The van der Waals surface area contributed by atoms with Crippen LogP contribution in [0.3, 0.4) is 0 Å². The smallest absolute Gasteiger partial charge is 0.224 e. The van der Waals surface area contributed by atoms with Crippen LogP contribution in [0, 0.1) is 11.7 Å². The molecule has 0 spiro atoms. The number of nitrogens with one attached hydrogen (secondary N) is 2. The molecule has 5 heteroatoms. The van der Waals surface area contributed by atoms with Crippen molar-refractivity contribution in [3.05, 3.63) is 24.0 Å². The Labute approximate surface area is 125 Å². The van der Waals surface area contributed by atoms with Crippen molar-refractivity contribution in [1.82, 2.24) is 0 Å². The second-order valence-corrected chi connectivity index (χ2v) is 6.10. The first-order chi connectivity index (χ1) is 9.95. The van der Waals surface area contributed by atoms with Crippen molar-refractivity contribution >= 4 is 17.3 Å². The number of hydrogen-bond donors (Lipinski definition) is 3. The van der Waals surface area contributed by atoms with Crippen LogP contribution in [0.25, 0.3) is 0 Å². The van der Waals surface area contributed by atoms with Gasteiger partial charge in [0.15, 0.2) is 0 Å². The fraction of sp³-hybridized carbons (Fsp3) is 0.562. The van der Waals surface area contributed by atoms with Gasteiger partial charge in [0.1, 0.15) is 5.82 Å². The number of amides is 1. The van der Waals surface area contributed by atoms with E-state index in [1.165, 1.54) is 12.1 Å². The van der Waals surface area contributed by atoms with E-state index in [1.807, 2.05) is 13.8 Å². The Morgan fingerprint density at radius 1 is 1.38 bits per heavy atom. The highest BCUT2D eigenvalue weighted by molar-refractivity contribution is 5.94. The molecule has 0 heterocycles. The number of benzene rings is 1. The lowest BCUT2D eigenvalue weighted by Gasteiger charge is -2.18. The third kappa shape index (κ3) is 4.43. The highest BCUT2D eigenvalue weighted by Crippen LogP contribution is 2.28. The van der Waals surface area contributed by atoms with Crippen LogP contribution in [-0.2, 0) is 4.79 Å². The maximum atomic E-state index is 13.4. The molecule has 21 heavy (non-hydrogen) atoms. The Balaban J connectivity index is 2.03. The molecule has 1 aliphatic rings. The topological polar surface area (TPSA) is 67.1 Å². The van der Waals surface area contributed by atoms with Crippen LogP contribution >= 0.6 is 0 Å². The molecule has 1 aromatic rings. The average molecular weight is 293 g/mol. The predicted molar refractivity (Wildman–Crippen MR) is 83.7 cm³/mol. The van der Waals surface area contributed by atoms with E-state index in [1.54, 1.807) is 6.07 Å². The molecule has 0 radical (unpaired) electrons. The van der Waals surface area contributed by atoms with Crippen LogP contribution in [0.15, 0.2) is 18.2 Å². The summed E-state index contributed by atoms with van der Waals surface area (Å²) in [5, 5.41) is 6.01. The third-order valence-electron chi connectivity index (χ3n) is 3.87. The Morgan fingerprint density at radius 3 is 2.76 bits per heavy atom. The van der Waals surface area contributed by atoms with E-state index in [4.69, 9.17) is 5.73 Å². The maximum Gasteiger partial charge on any atom is 0.224 e. The molecular weight excluding hydrogens is 269 g/mol. The number of anilines is 2. The summed E-state index contributed by atoms with van der Waals surface area (Å²) in [5.41, 5.74) is 7.21. The summed E-state index contributed by atoms with van der Waals surface area (Å²) in [6, 6.07) is 4.68. The molecule has 2 rings (SSSR count). The molecule has 0 saturated heterocycles. The van der Waals surface area contributed by atoms with Crippen molar-refractivity contribution in [3.63, 3.8) is 0 Å². The monoisotopic (exact) mass is 293 g/mol. The zero-order valence-corrected chi connectivity index (χ0v) is 12.7. The second-order valence-electron chi connectivity index (χ2n) is 6.10. The molecule has 2 atom stereocenters. The number of nitrogens with two attached hydrogens (primary N) is 1. The van der Waals surface area contributed by atoms with E-state index < -0.39 is 0 Å². The minimum atomic E-state index is -0.364. The van der Waals surface area contributed by atoms with E-state index in [-0.39, 0.29) is 29.7 Å². The fourth-order valence-electron chi connectivity index (χ4n) is 2.82. The van der Waals surface area contributed by atoms with E-state index in [9.17, 15) is 9.18 Å². The summed E-state index contributed by atoms with van der Waals surface area (Å²) in [4.78, 5) is 12.1. The molecule has 116 valence electrons. The lowest BCUT2D eigenvalue weighted by atomic mass is 10.00. The fourth-order valence-corrected chi connectivity index (χ4v) is 2.82. The van der Waals surface area contributed by atoms with Gasteiger partial charge < -0.3 is 16.4 Å². The molecule has 1 fully saturated rings. The van der Waals surface area contributed by atoms with Crippen molar-refractivity contribution in [1.29, 1.82) is 0 Å². The summed E-state index contributed by atoms with van der Waals surface area (Å²) in [6.45, 7) is 3.99. The van der Waals surface area contributed by atoms with Crippen LogP contribution in [0.4, 0.5) is 15.8 Å². The van der Waals surface area contributed by atoms with Gasteiger partial charge in [-0.15, -0.1) is 0 Å². The number of rotatable bonds is 5. The molecule has 0 bridgehead atoms. The predicted octanol–water partition coefficient (Wildman–Crippen LogP) is 3.10. The Bertz CT molecular complexity index is 504. The van der Waals surface area contributed by atoms with Crippen molar-refractivity contribution in [3.8, 4) is 0 Å². The SMILES string of the molecule is CC(C)Nc1ccc(F)cc1NC(=O)C[C@@H]1CCC[C@H]1N. The molecule has 0 unspecified atom stereocenters. The maximum absolute atomic E-state index is 13.4. The van der Waals surface area contributed by atoms with E-state index in [0.29, 0.717) is 12.1 Å². The van der Waals surface area contributed by atoms with Gasteiger partial charge in [0.05, 0.1) is 11.4 Å². The standard InChI is InChI=1S/C16H24FN3O/c1-10(2)19-14-7-6-12(17)9-15(14)20-16(21)8-11-4-3-5-13(11)18/h6-7,9-11,13,19H,3-5,8,18H2,1-2H3,(H,20,21)/t11-,13+/m0/s1. The zero-order chi connectivity index (χ0) is 15.4. The van der Waals surface area contributed by atoms with Gasteiger partial charge in [-0.2, -0.15) is 0 Å². The molecule has 1 amide bonds. The van der Waals surface area contributed by atoms with Crippen LogP contribution in [0.2, 0.25) is 0 Å². The third-order valence-corrected chi connectivity index (χ3v) is 3.87. The minimum absolute atomic E-state index is 0.102. The van der Waals surface area contributed by atoms with Crippen molar-refractivity contribution < 1.29 is 9.18 Å². The molecular formula is C16H24FN3O. The van der Waals surface area contributed by atoms with E-state index in [0.717, 1.165) is 24.9 Å². The van der Waals surface area contributed by atoms with Gasteiger partial charge in [0, 0.05) is 18.5 Å². The van der Waals surface area contributed by atoms with E-state index in [2.05, 4.69) is 10.6 Å². The van der Waals surface area contributed by atoms with Crippen molar-refractivity contribution in [2.75, 3.05) is 10.6 Å². The first-order valence-electron chi connectivity index (χ1n) is 7.57. The summed E-state index contributed by atoms with van der Waals surface area (Å²) < 4.78 is 13.4. The highest BCUT2D eigenvalue weighted by atomic mass is 19.1. The Kier molecular flexibility index (Phi) is 5.17. The first kappa shape index (κ1) is 15.8. The molecule has 4 nitrogen and oxygen atoms in total. The minimum Gasteiger partial charge on any atom is -0.381 e. The first-order valence-corrected chi connectivity index (χ1v) is 7.57. The van der Waals surface area contributed by atoms with Gasteiger partial charge >= 0.3 is 0 Å². The average Bonchev–Trinajstić information content (AvgIpc) is 2.78. The van der Waals surface area contributed by atoms with E-state index >= 15 is 0 Å². The summed E-state index contributed by atoms with van der Waals surface area (Å²) >= 11 is 0. The van der Waals surface area contributed by atoms with Gasteiger partial charge in [0.25, 0.3) is 0 Å². The lowest BCUT2D eigenvalue weighted by molar-refractivity contribution is -0.117. The van der Waals surface area contributed by atoms with Gasteiger partial charge in [0.2, 0.25) is 5.91 Å². The second kappa shape index (κ2) is 6.89. The quantitative estimate of drug-likeness (QED) is 0.781. The van der Waals surface area contributed by atoms with Crippen LogP contribution < -0.4 is 16.4 Å². The Hall–Kier alpha value is -1.62. The largest absolute Gasteiger partial charge is 0.381 e. The van der Waals surface area contributed by atoms with Crippen LogP contribution in [-0.4, -0.2) is 18.0 Å². The molecule has 1 aliphatic carbocycles. The van der Waals surface area contributed by atoms with Crippen LogP contribution in [0.5, 0.6) is 0 Å². The van der Waals surface area contributed by atoms with Crippen molar-refractivity contribution in [2.45, 2.75) is 51.6 Å². The summed E-state index contributed by atoms with van der Waals surface area (Å²) in [7, 11) is 0. The molecule has 1 saturated carbocycles. The molecule has 1 aromatic carbocycles. The number of hydrogen-bond acceptors (Lipinski definition) is 3. The number of halogens is 1. The number of carbonyl (C=O) groups is 1. The zero-order valence-electron chi connectivity index (χ0n) is 12.7. The summed E-state index contributed by atoms with van der Waals surface area (Å²) in [5.74, 6) is -0.230. The summed E-state index contributed by atoms with van der Waals surface area (Å²) in [6.07, 6.45) is 3.46. The van der Waals surface area contributed by atoms with Crippen molar-refractivity contribution in [2.24, 2.45) is 11.7 Å². The van der Waals surface area contributed by atoms with Gasteiger partial charge in [-0.3, -0.25) is 4.79 Å². The van der Waals surface area contributed by atoms with Gasteiger partial charge in [-0.1, -0.05) is 6.42 Å². The Morgan fingerprint density at radius 2 is 2.14 bits per heavy atom. The van der Waals surface area contributed by atoms with Gasteiger partial charge in [-0.25, -0.2) is 4.39 Å². The molecule has 0 aliphatic heterocycles. The molecule has 0 aromatic heterocycles. The number of carbonyl (C=O) groups excluding carboxylic acids is 1. The lowest BCUT2D eigenvalue weighted by Crippen LogP contribution is -2.28. The molecule has 4 N–H and O–H groups in total. The normalized spacial score (nSPS) is 21.6. The highest BCUT2D eigenvalue weighted by Gasteiger charge is 2.26. The van der Waals surface area contributed by atoms with Gasteiger partial charge in [-0.05, 0) is 50.8 Å².